The van der Waals surface area contributed by atoms with Crippen LogP contribution in [-0.4, -0.2) is 31.6 Å². The van der Waals surface area contributed by atoms with E-state index in [1.807, 2.05) is 25.1 Å². The molecule has 0 saturated carbocycles. The molecule has 102 valence electrons. The topological polar surface area (TPSA) is 61.5 Å². The maximum atomic E-state index is 12.8. The number of para-hydroxylation sites is 1. The van der Waals surface area contributed by atoms with Gasteiger partial charge in [-0.1, -0.05) is 12.1 Å². The Bertz CT molecular complexity index is 514. The predicted octanol–water partition coefficient (Wildman–Crippen LogP) is 1.56. The van der Waals surface area contributed by atoms with Crippen LogP contribution >= 0.6 is 0 Å². The van der Waals surface area contributed by atoms with Gasteiger partial charge in [0, 0.05) is 6.04 Å². The third kappa shape index (κ3) is 1.95. The summed E-state index contributed by atoms with van der Waals surface area (Å²) in [7, 11) is 0. The number of nitrogens with two attached hydrogens (primary N) is 1. The van der Waals surface area contributed by atoms with E-state index in [0.717, 1.165) is 24.2 Å². The summed E-state index contributed by atoms with van der Waals surface area (Å²) in [6, 6.07) is 5.53. The highest BCUT2D eigenvalue weighted by molar-refractivity contribution is 6.03. The van der Waals surface area contributed by atoms with Gasteiger partial charge in [-0.25, -0.2) is 0 Å². The van der Waals surface area contributed by atoms with E-state index in [2.05, 4.69) is 0 Å². The first-order valence-corrected chi connectivity index (χ1v) is 6.76. The number of ether oxygens (including phenoxy) is 2. The van der Waals surface area contributed by atoms with Crippen LogP contribution in [0.3, 0.4) is 0 Å². The molecular weight excluding hydrogens is 242 g/mol. The van der Waals surface area contributed by atoms with Crippen LogP contribution < -0.4 is 10.5 Å². The lowest BCUT2D eigenvalue weighted by Gasteiger charge is -2.27. The van der Waals surface area contributed by atoms with E-state index >= 15 is 0 Å². The van der Waals surface area contributed by atoms with Crippen molar-refractivity contribution in [1.82, 2.24) is 0 Å². The molecule has 2 heterocycles. The predicted molar refractivity (Wildman–Crippen MR) is 71.5 cm³/mol. The van der Waals surface area contributed by atoms with E-state index in [-0.39, 0.29) is 11.8 Å². The van der Waals surface area contributed by atoms with Crippen molar-refractivity contribution in [3.63, 3.8) is 0 Å². The summed E-state index contributed by atoms with van der Waals surface area (Å²) in [4.78, 5) is 12.8. The molecule has 4 nitrogen and oxygen atoms in total. The average molecular weight is 261 g/mol. The molecule has 0 amide bonds. The largest absolute Gasteiger partial charge is 0.493 e. The summed E-state index contributed by atoms with van der Waals surface area (Å²) in [5.74, 6) is 0.787. The summed E-state index contributed by atoms with van der Waals surface area (Å²) in [5, 5.41) is 0. The number of hydrogen-bond donors (Lipinski definition) is 1. The molecule has 2 atom stereocenters. The van der Waals surface area contributed by atoms with Gasteiger partial charge in [-0.05, 0) is 31.4 Å². The first kappa shape index (κ1) is 12.6. The van der Waals surface area contributed by atoms with Crippen LogP contribution in [0.5, 0.6) is 5.75 Å². The Labute approximate surface area is 112 Å². The Morgan fingerprint density at radius 3 is 3.05 bits per heavy atom. The molecule has 2 aliphatic rings. The summed E-state index contributed by atoms with van der Waals surface area (Å²) in [6.45, 7) is 3.39. The van der Waals surface area contributed by atoms with E-state index in [0.29, 0.717) is 25.4 Å². The number of hydrogen-bond acceptors (Lipinski definition) is 4. The van der Waals surface area contributed by atoms with Crippen LogP contribution in [-0.2, 0) is 11.2 Å². The number of rotatable bonds is 2. The third-order valence-corrected chi connectivity index (χ3v) is 4.21. The quantitative estimate of drug-likeness (QED) is 0.821. The van der Waals surface area contributed by atoms with Crippen molar-refractivity contribution in [3.05, 3.63) is 29.3 Å². The van der Waals surface area contributed by atoms with E-state index in [1.54, 1.807) is 0 Å². The van der Waals surface area contributed by atoms with Gasteiger partial charge in [-0.2, -0.15) is 0 Å². The monoisotopic (exact) mass is 261 g/mol. The fourth-order valence-corrected chi connectivity index (χ4v) is 2.80. The van der Waals surface area contributed by atoms with E-state index in [9.17, 15) is 4.79 Å². The molecule has 0 spiro atoms. The molecule has 0 aliphatic carbocycles. The molecular formula is C15H19NO3. The van der Waals surface area contributed by atoms with Gasteiger partial charge in [-0.15, -0.1) is 0 Å². The minimum atomic E-state index is -0.643. The SMILES string of the molecule is CC1(C(=O)c2cccc3c2OCCC3)COCC1N. The first-order valence-electron chi connectivity index (χ1n) is 6.76. The molecule has 3 rings (SSSR count). The zero-order valence-corrected chi connectivity index (χ0v) is 11.1. The smallest absolute Gasteiger partial charge is 0.176 e. The lowest BCUT2D eigenvalue weighted by molar-refractivity contribution is 0.0762. The Morgan fingerprint density at radius 2 is 2.32 bits per heavy atom. The highest BCUT2D eigenvalue weighted by atomic mass is 16.5. The highest BCUT2D eigenvalue weighted by Gasteiger charge is 2.45. The van der Waals surface area contributed by atoms with E-state index in [1.165, 1.54) is 0 Å². The molecule has 1 fully saturated rings. The van der Waals surface area contributed by atoms with Gasteiger partial charge < -0.3 is 15.2 Å². The summed E-state index contributed by atoms with van der Waals surface area (Å²) in [6.07, 6.45) is 1.97. The average Bonchev–Trinajstić information content (AvgIpc) is 2.78. The Balaban J connectivity index is 2.00. The zero-order valence-electron chi connectivity index (χ0n) is 11.1. The molecule has 0 aromatic heterocycles. The third-order valence-electron chi connectivity index (χ3n) is 4.21. The van der Waals surface area contributed by atoms with Crippen molar-refractivity contribution in [1.29, 1.82) is 0 Å². The molecule has 2 N–H and O–H groups in total. The van der Waals surface area contributed by atoms with Gasteiger partial charge in [0.2, 0.25) is 0 Å². The van der Waals surface area contributed by atoms with Crippen molar-refractivity contribution < 1.29 is 14.3 Å². The maximum Gasteiger partial charge on any atom is 0.176 e. The molecule has 1 saturated heterocycles. The van der Waals surface area contributed by atoms with E-state index < -0.39 is 5.41 Å². The van der Waals surface area contributed by atoms with Gasteiger partial charge in [-0.3, -0.25) is 4.79 Å². The molecule has 1 aromatic rings. The lowest BCUT2D eigenvalue weighted by Crippen LogP contribution is -2.44. The first-order chi connectivity index (χ1) is 9.13. The molecule has 2 unspecified atom stereocenters. The van der Waals surface area contributed by atoms with Crippen LogP contribution in [0.25, 0.3) is 0 Å². The molecule has 0 radical (unpaired) electrons. The minimum absolute atomic E-state index is 0.0382. The maximum absolute atomic E-state index is 12.8. The van der Waals surface area contributed by atoms with Gasteiger partial charge in [0.15, 0.2) is 5.78 Å². The Hall–Kier alpha value is -1.39. The van der Waals surface area contributed by atoms with Crippen LogP contribution in [0.1, 0.15) is 29.3 Å². The highest BCUT2D eigenvalue weighted by Crippen LogP contribution is 2.37. The van der Waals surface area contributed by atoms with Gasteiger partial charge in [0.25, 0.3) is 0 Å². The Kier molecular flexibility index (Phi) is 3.07. The second-order valence-corrected chi connectivity index (χ2v) is 5.61. The number of carbonyl (C=O) groups excluding carboxylic acids is 1. The van der Waals surface area contributed by atoms with Gasteiger partial charge in [0.05, 0.1) is 30.8 Å². The molecule has 0 bridgehead atoms. The standard InChI is InChI=1S/C15H19NO3/c1-15(9-18-8-12(15)16)14(17)11-6-2-4-10-5-3-7-19-13(10)11/h2,4,6,12H,3,5,7-9,16H2,1H3. The molecule has 2 aliphatic heterocycles. The second-order valence-electron chi connectivity index (χ2n) is 5.61. The summed E-state index contributed by atoms with van der Waals surface area (Å²) in [5.41, 5.74) is 7.17. The molecule has 1 aromatic carbocycles. The van der Waals surface area contributed by atoms with Crippen LogP contribution in [0.2, 0.25) is 0 Å². The van der Waals surface area contributed by atoms with Gasteiger partial charge in [0.1, 0.15) is 5.75 Å². The van der Waals surface area contributed by atoms with E-state index in [4.69, 9.17) is 15.2 Å². The molecule has 19 heavy (non-hydrogen) atoms. The lowest BCUT2D eigenvalue weighted by atomic mass is 9.78. The molecule has 4 heteroatoms. The number of carbonyl (C=O) groups is 1. The van der Waals surface area contributed by atoms with Crippen molar-refractivity contribution in [2.75, 3.05) is 19.8 Å². The van der Waals surface area contributed by atoms with Crippen molar-refractivity contribution in [2.24, 2.45) is 11.1 Å². The number of aryl methyl sites for hydroxylation is 1. The number of ketones is 1. The van der Waals surface area contributed by atoms with Crippen LogP contribution in [0.15, 0.2) is 18.2 Å². The number of Topliss-reactive ketones (excluding diaryl/α,β-unsaturated/α-hetero) is 1. The number of fused-ring (bicyclic) bond motifs is 1. The van der Waals surface area contributed by atoms with Crippen molar-refractivity contribution in [3.8, 4) is 5.75 Å². The number of benzene rings is 1. The van der Waals surface area contributed by atoms with Gasteiger partial charge >= 0.3 is 0 Å². The fraction of sp³-hybridized carbons (Fsp3) is 0.533. The van der Waals surface area contributed by atoms with Crippen molar-refractivity contribution >= 4 is 5.78 Å². The second kappa shape index (κ2) is 4.62. The zero-order chi connectivity index (χ0) is 13.5. The van der Waals surface area contributed by atoms with Crippen LogP contribution in [0.4, 0.5) is 0 Å². The minimum Gasteiger partial charge on any atom is -0.493 e. The summed E-state index contributed by atoms with van der Waals surface area (Å²) >= 11 is 0. The fourth-order valence-electron chi connectivity index (χ4n) is 2.80. The van der Waals surface area contributed by atoms with Crippen LogP contribution in [0, 0.1) is 5.41 Å². The summed E-state index contributed by atoms with van der Waals surface area (Å²) < 4.78 is 11.1. The normalized spacial score (nSPS) is 29.7. The Morgan fingerprint density at radius 1 is 1.47 bits per heavy atom. The van der Waals surface area contributed by atoms with Crippen molar-refractivity contribution in [2.45, 2.75) is 25.8 Å².